The number of carbonyl (C=O) groups excluding carboxylic acids is 1. The van der Waals surface area contributed by atoms with Gasteiger partial charge in [0.25, 0.3) is 5.91 Å². The van der Waals surface area contributed by atoms with Gasteiger partial charge in [0, 0.05) is 18.4 Å². The lowest BCUT2D eigenvalue weighted by molar-refractivity contribution is 0.0935. The van der Waals surface area contributed by atoms with E-state index in [1.807, 2.05) is 0 Å². The van der Waals surface area contributed by atoms with Gasteiger partial charge in [-0.2, -0.15) is 0 Å². The quantitative estimate of drug-likeness (QED) is 0.833. The third-order valence-electron chi connectivity index (χ3n) is 3.73. The Morgan fingerprint density at radius 2 is 2.29 bits per heavy atom. The molecule has 0 bridgehead atoms. The third-order valence-corrected chi connectivity index (χ3v) is 3.73. The van der Waals surface area contributed by atoms with E-state index in [1.165, 1.54) is 12.8 Å². The van der Waals surface area contributed by atoms with Crippen molar-refractivity contribution >= 4 is 11.6 Å². The Morgan fingerprint density at radius 1 is 1.59 bits per heavy atom. The fourth-order valence-corrected chi connectivity index (χ4v) is 2.04. The largest absolute Gasteiger partial charge is 0.399 e. The number of hydrogen-bond acceptors (Lipinski definition) is 3. The summed E-state index contributed by atoms with van der Waals surface area (Å²) in [6.07, 6.45) is 3.96. The number of nitrogens with one attached hydrogen (secondary N) is 1. The molecule has 1 aromatic rings. The highest BCUT2D eigenvalue weighted by Crippen LogP contribution is 2.51. The van der Waals surface area contributed by atoms with Crippen molar-refractivity contribution in [1.82, 2.24) is 10.3 Å². The van der Waals surface area contributed by atoms with Gasteiger partial charge in [-0.3, -0.25) is 9.78 Å². The van der Waals surface area contributed by atoms with Gasteiger partial charge in [-0.15, -0.1) is 0 Å². The maximum atomic E-state index is 11.9. The first-order valence-corrected chi connectivity index (χ1v) is 6.03. The predicted molar refractivity (Wildman–Crippen MR) is 67.5 cm³/mol. The summed E-state index contributed by atoms with van der Waals surface area (Å²) in [5, 5.41) is 2.95. The molecule has 17 heavy (non-hydrogen) atoms. The van der Waals surface area contributed by atoms with E-state index >= 15 is 0 Å². The highest BCUT2D eigenvalue weighted by molar-refractivity contribution is 5.93. The van der Waals surface area contributed by atoms with Gasteiger partial charge in [0.1, 0.15) is 5.69 Å². The minimum atomic E-state index is -0.135. The molecule has 0 saturated heterocycles. The van der Waals surface area contributed by atoms with E-state index in [0.29, 0.717) is 22.7 Å². The fraction of sp³-hybridized carbons (Fsp3) is 0.538. The maximum Gasteiger partial charge on any atom is 0.269 e. The van der Waals surface area contributed by atoms with Gasteiger partial charge >= 0.3 is 0 Å². The van der Waals surface area contributed by atoms with E-state index in [-0.39, 0.29) is 5.91 Å². The van der Waals surface area contributed by atoms with Gasteiger partial charge in [0.05, 0.1) is 0 Å². The Kier molecular flexibility index (Phi) is 3.05. The number of anilines is 1. The molecule has 0 atom stereocenters. The van der Waals surface area contributed by atoms with E-state index < -0.39 is 0 Å². The van der Waals surface area contributed by atoms with E-state index in [1.54, 1.807) is 18.3 Å². The SMILES string of the molecule is CC(C)C1(CNC(=O)c2cc(N)ccn2)CC1. The molecule has 1 fully saturated rings. The Bertz CT molecular complexity index is 424. The predicted octanol–water partition coefficient (Wildman–Crippen LogP) is 1.83. The van der Waals surface area contributed by atoms with Crippen molar-refractivity contribution in [3.8, 4) is 0 Å². The lowest BCUT2D eigenvalue weighted by Crippen LogP contribution is -2.33. The number of carbonyl (C=O) groups is 1. The molecule has 1 heterocycles. The first kappa shape index (κ1) is 11.9. The van der Waals surface area contributed by atoms with Crippen LogP contribution >= 0.6 is 0 Å². The van der Waals surface area contributed by atoms with Crippen molar-refractivity contribution in [2.45, 2.75) is 26.7 Å². The fourth-order valence-electron chi connectivity index (χ4n) is 2.04. The summed E-state index contributed by atoms with van der Waals surface area (Å²) >= 11 is 0. The van der Waals surface area contributed by atoms with Gasteiger partial charge in [0.15, 0.2) is 0 Å². The van der Waals surface area contributed by atoms with Gasteiger partial charge in [-0.25, -0.2) is 0 Å². The van der Waals surface area contributed by atoms with Crippen molar-refractivity contribution in [2.75, 3.05) is 12.3 Å². The standard InChI is InChI=1S/C13H19N3O/c1-9(2)13(4-5-13)8-16-12(17)11-7-10(14)3-6-15-11/h3,6-7,9H,4-5,8H2,1-2H3,(H2,14,15)(H,16,17). The molecule has 4 nitrogen and oxygen atoms in total. The number of pyridine rings is 1. The lowest BCUT2D eigenvalue weighted by atomic mass is 9.92. The van der Waals surface area contributed by atoms with Crippen molar-refractivity contribution in [2.24, 2.45) is 11.3 Å². The average molecular weight is 233 g/mol. The number of amides is 1. The second kappa shape index (κ2) is 4.35. The molecule has 1 saturated carbocycles. The topological polar surface area (TPSA) is 68.0 Å². The van der Waals surface area contributed by atoms with Crippen LogP contribution in [0.4, 0.5) is 5.69 Å². The normalized spacial score (nSPS) is 16.9. The van der Waals surface area contributed by atoms with Crippen LogP contribution in [0.1, 0.15) is 37.2 Å². The van der Waals surface area contributed by atoms with Crippen LogP contribution in [0.3, 0.4) is 0 Å². The average Bonchev–Trinajstić information content (AvgIpc) is 3.07. The van der Waals surface area contributed by atoms with Crippen molar-refractivity contribution in [1.29, 1.82) is 0 Å². The smallest absolute Gasteiger partial charge is 0.269 e. The van der Waals surface area contributed by atoms with Crippen LogP contribution in [-0.2, 0) is 0 Å². The summed E-state index contributed by atoms with van der Waals surface area (Å²) in [5.74, 6) is 0.473. The summed E-state index contributed by atoms with van der Waals surface area (Å²) in [5.41, 5.74) is 6.89. The first-order chi connectivity index (χ1) is 8.03. The number of aromatic nitrogens is 1. The Morgan fingerprint density at radius 3 is 2.82 bits per heavy atom. The third kappa shape index (κ3) is 2.57. The van der Waals surface area contributed by atoms with Gasteiger partial charge in [-0.05, 0) is 36.3 Å². The molecule has 0 aliphatic heterocycles. The van der Waals surface area contributed by atoms with E-state index in [0.717, 1.165) is 6.54 Å². The van der Waals surface area contributed by atoms with Crippen LogP contribution < -0.4 is 11.1 Å². The molecule has 0 unspecified atom stereocenters. The van der Waals surface area contributed by atoms with Gasteiger partial charge < -0.3 is 11.1 Å². The molecule has 1 aliphatic carbocycles. The molecule has 1 aliphatic rings. The molecule has 1 amide bonds. The summed E-state index contributed by atoms with van der Waals surface area (Å²) < 4.78 is 0. The van der Waals surface area contributed by atoms with Crippen molar-refractivity contribution in [3.63, 3.8) is 0 Å². The molecule has 1 aromatic heterocycles. The highest BCUT2D eigenvalue weighted by Gasteiger charge is 2.45. The number of nitrogens with zero attached hydrogens (tertiary/aromatic N) is 1. The minimum Gasteiger partial charge on any atom is -0.399 e. The van der Waals surface area contributed by atoms with Crippen LogP contribution in [0.5, 0.6) is 0 Å². The maximum absolute atomic E-state index is 11.9. The zero-order valence-corrected chi connectivity index (χ0v) is 10.4. The van der Waals surface area contributed by atoms with E-state index in [9.17, 15) is 4.79 Å². The second-order valence-corrected chi connectivity index (χ2v) is 5.17. The van der Waals surface area contributed by atoms with Gasteiger partial charge in [-0.1, -0.05) is 13.8 Å². The molecular weight excluding hydrogens is 214 g/mol. The van der Waals surface area contributed by atoms with E-state index in [4.69, 9.17) is 5.73 Å². The second-order valence-electron chi connectivity index (χ2n) is 5.17. The molecule has 0 aromatic carbocycles. The lowest BCUT2D eigenvalue weighted by Gasteiger charge is -2.19. The summed E-state index contributed by atoms with van der Waals surface area (Å²) in [6.45, 7) is 5.15. The highest BCUT2D eigenvalue weighted by atomic mass is 16.1. The number of hydrogen-bond donors (Lipinski definition) is 2. The number of nitrogens with two attached hydrogens (primary N) is 1. The number of nitrogen functional groups attached to an aromatic ring is 1. The van der Waals surface area contributed by atoms with Crippen LogP contribution in [0.15, 0.2) is 18.3 Å². The molecule has 0 spiro atoms. The molecule has 92 valence electrons. The summed E-state index contributed by atoms with van der Waals surface area (Å²) in [7, 11) is 0. The number of rotatable bonds is 4. The zero-order valence-electron chi connectivity index (χ0n) is 10.4. The van der Waals surface area contributed by atoms with Crippen LogP contribution in [0.25, 0.3) is 0 Å². The summed E-state index contributed by atoms with van der Waals surface area (Å²) in [6, 6.07) is 3.28. The monoisotopic (exact) mass is 233 g/mol. The Labute approximate surface area is 102 Å². The Balaban J connectivity index is 1.94. The Hall–Kier alpha value is -1.58. The first-order valence-electron chi connectivity index (χ1n) is 6.03. The minimum absolute atomic E-state index is 0.135. The van der Waals surface area contributed by atoms with Crippen molar-refractivity contribution < 1.29 is 4.79 Å². The van der Waals surface area contributed by atoms with Crippen molar-refractivity contribution in [3.05, 3.63) is 24.0 Å². The molecular formula is C13H19N3O. The molecule has 2 rings (SSSR count). The zero-order chi connectivity index (χ0) is 12.5. The molecule has 4 heteroatoms. The van der Waals surface area contributed by atoms with Gasteiger partial charge in [0.2, 0.25) is 0 Å². The van der Waals surface area contributed by atoms with E-state index in [2.05, 4.69) is 24.1 Å². The van der Waals surface area contributed by atoms with Crippen LogP contribution in [0, 0.1) is 11.3 Å². The summed E-state index contributed by atoms with van der Waals surface area (Å²) in [4.78, 5) is 15.9. The van der Waals surface area contributed by atoms with Crippen LogP contribution in [0.2, 0.25) is 0 Å². The molecule has 3 N–H and O–H groups in total. The molecule has 0 radical (unpaired) electrons. The van der Waals surface area contributed by atoms with Crippen LogP contribution in [-0.4, -0.2) is 17.4 Å².